The SMILES string of the molecule is CN(C)Cc1ccc(CSCCN=C2NS(=O)(=O)C(C(N)=O)=C2N)o1. The summed E-state index contributed by atoms with van der Waals surface area (Å²) in [6, 6.07) is 3.88. The molecule has 2 heterocycles. The second-order valence-corrected chi connectivity index (χ2v) is 8.33. The summed E-state index contributed by atoms with van der Waals surface area (Å²) >= 11 is 1.59. The zero-order valence-electron chi connectivity index (χ0n) is 14.0. The third kappa shape index (κ3) is 5.00. The minimum Gasteiger partial charge on any atom is -0.464 e. The number of carbonyl (C=O) groups excluding carboxylic acids is 1. The Hall–Kier alpha value is -1.98. The molecular weight excluding hydrogens is 366 g/mol. The van der Waals surface area contributed by atoms with E-state index in [0.29, 0.717) is 18.1 Å². The maximum Gasteiger partial charge on any atom is 0.270 e. The first kappa shape index (κ1) is 19.3. The minimum absolute atomic E-state index is 0.0410. The molecule has 0 saturated carbocycles. The zero-order valence-corrected chi connectivity index (χ0v) is 15.6. The van der Waals surface area contributed by atoms with Crippen LogP contribution in [0.15, 0.2) is 32.1 Å². The van der Waals surface area contributed by atoms with Gasteiger partial charge in [-0.05, 0) is 26.2 Å². The molecule has 9 nitrogen and oxygen atoms in total. The van der Waals surface area contributed by atoms with Gasteiger partial charge in [0.25, 0.3) is 15.9 Å². The van der Waals surface area contributed by atoms with Crippen LogP contribution in [0.3, 0.4) is 0 Å². The molecule has 138 valence electrons. The van der Waals surface area contributed by atoms with Crippen LogP contribution in [0.1, 0.15) is 11.5 Å². The molecule has 1 aromatic heterocycles. The van der Waals surface area contributed by atoms with Crippen molar-refractivity contribution in [2.75, 3.05) is 26.4 Å². The predicted molar refractivity (Wildman–Crippen MR) is 97.0 cm³/mol. The Bertz CT molecular complexity index is 811. The number of furan rings is 1. The number of nitrogens with two attached hydrogens (primary N) is 2. The zero-order chi connectivity index (χ0) is 18.6. The highest BCUT2D eigenvalue weighted by Gasteiger charge is 2.36. The van der Waals surface area contributed by atoms with Gasteiger partial charge in [-0.25, -0.2) is 8.42 Å². The first-order valence-corrected chi connectivity index (χ1v) is 10.0. The Balaban J connectivity index is 1.84. The van der Waals surface area contributed by atoms with Gasteiger partial charge >= 0.3 is 0 Å². The molecule has 0 saturated heterocycles. The number of primary amides is 1. The molecule has 0 fully saturated rings. The molecule has 0 unspecified atom stereocenters. The summed E-state index contributed by atoms with van der Waals surface area (Å²) in [7, 11) is -0.0653. The van der Waals surface area contributed by atoms with Gasteiger partial charge in [-0.1, -0.05) is 0 Å². The largest absolute Gasteiger partial charge is 0.464 e. The highest BCUT2D eigenvalue weighted by molar-refractivity contribution is 7.98. The average Bonchev–Trinajstić information content (AvgIpc) is 3.00. The van der Waals surface area contributed by atoms with E-state index in [0.717, 1.165) is 18.1 Å². The average molecular weight is 387 g/mol. The van der Waals surface area contributed by atoms with Gasteiger partial charge in [0.2, 0.25) is 0 Å². The van der Waals surface area contributed by atoms with Gasteiger partial charge in [0.05, 0.1) is 18.8 Å². The van der Waals surface area contributed by atoms with Gasteiger partial charge < -0.3 is 20.8 Å². The van der Waals surface area contributed by atoms with E-state index in [-0.39, 0.29) is 11.5 Å². The molecule has 0 aromatic carbocycles. The molecule has 5 N–H and O–H groups in total. The number of carbonyl (C=O) groups is 1. The number of rotatable bonds is 8. The predicted octanol–water partition coefficient (Wildman–Crippen LogP) is -0.438. The van der Waals surface area contributed by atoms with E-state index >= 15 is 0 Å². The Morgan fingerprint density at radius 2 is 2.04 bits per heavy atom. The molecule has 0 bridgehead atoms. The molecule has 25 heavy (non-hydrogen) atoms. The number of sulfonamides is 1. The normalized spacial score (nSPS) is 18.1. The Kier molecular flexibility index (Phi) is 6.14. The van der Waals surface area contributed by atoms with Crippen LogP contribution in [0.25, 0.3) is 0 Å². The number of hydrogen-bond donors (Lipinski definition) is 3. The molecule has 0 atom stereocenters. The maximum atomic E-state index is 11.7. The van der Waals surface area contributed by atoms with Crippen LogP contribution in [0.2, 0.25) is 0 Å². The van der Waals surface area contributed by atoms with Crippen molar-refractivity contribution in [2.24, 2.45) is 16.5 Å². The molecule has 1 aromatic rings. The maximum absolute atomic E-state index is 11.7. The van der Waals surface area contributed by atoms with E-state index in [4.69, 9.17) is 15.9 Å². The lowest BCUT2D eigenvalue weighted by atomic mass is 10.3. The van der Waals surface area contributed by atoms with Gasteiger partial charge in [0.15, 0.2) is 10.7 Å². The second kappa shape index (κ2) is 7.93. The highest BCUT2D eigenvalue weighted by atomic mass is 32.2. The number of amides is 1. The van der Waals surface area contributed by atoms with Crippen molar-refractivity contribution in [1.29, 1.82) is 0 Å². The van der Waals surface area contributed by atoms with Crippen molar-refractivity contribution in [3.63, 3.8) is 0 Å². The van der Waals surface area contributed by atoms with Crippen LogP contribution >= 0.6 is 11.8 Å². The quantitative estimate of drug-likeness (QED) is 0.513. The van der Waals surface area contributed by atoms with Crippen LogP contribution < -0.4 is 16.2 Å². The number of aliphatic imine (C=N–C) groups is 1. The minimum atomic E-state index is -4.00. The topological polar surface area (TPSA) is 144 Å². The van der Waals surface area contributed by atoms with Crippen molar-refractivity contribution in [2.45, 2.75) is 12.3 Å². The lowest BCUT2D eigenvalue weighted by Crippen LogP contribution is -2.27. The van der Waals surface area contributed by atoms with Gasteiger partial charge in [-0.2, -0.15) is 11.8 Å². The summed E-state index contributed by atoms with van der Waals surface area (Å²) in [5.74, 6) is 1.94. The molecule has 2 rings (SSSR count). The second-order valence-electron chi connectivity index (χ2n) is 5.60. The number of amidine groups is 1. The molecule has 0 radical (unpaired) electrons. The van der Waals surface area contributed by atoms with Gasteiger partial charge in [0.1, 0.15) is 17.2 Å². The van der Waals surface area contributed by atoms with Gasteiger partial charge in [-0.15, -0.1) is 0 Å². The molecule has 11 heteroatoms. The smallest absolute Gasteiger partial charge is 0.270 e. The summed E-state index contributed by atoms with van der Waals surface area (Å²) in [5.41, 5.74) is 10.4. The fourth-order valence-corrected chi connectivity index (χ4v) is 4.06. The molecular formula is C14H21N5O4S2. The van der Waals surface area contributed by atoms with Crippen LogP contribution in [0, 0.1) is 0 Å². The Morgan fingerprint density at radius 1 is 1.36 bits per heavy atom. The van der Waals surface area contributed by atoms with Crippen molar-refractivity contribution >= 4 is 33.5 Å². The summed E-state index contributed by atoms with van der Waals surface area (Å²) in [6.07, 6.45) is 0. The van der Waals surface area contributed by atoms with Crippen LogP contribution in [0.4, 0.5) is 0 Å². The lowest BCUT2D eigenvalue weighted by Gasteiger charge is -2.05. The number of nitrogens with zero attached hydrogens (tertiary/aromatic N) is 2. The summed E-state index contributed by atoms with van der Waals surface area (Å²) in [5, 5.41) is 0. The molecule has 0 aliphatic carbocycles. The monoisotopic (exact) mass is 387 g/mol. The van der Waals surface area contributed by atoms with Gasteiger partial charge in [-0.3, -0.25) is 14.5 Å². The molecule has 1 amide bonds. The van der Waals surface area contributed by atoms with Crippen molar-refractivity contribution in [3.8, 4) is 0 Å². The molecule has 0 spiro atoms. The first-order valence-electron chi connectivity index (χ1n) is 7.38. The van der Waals surface area contributed by atoms with E-state index in [1.54, 1.807) is 11.8 Å². The van der Waals surface area contributed by atoms with Gasteiger partial charge in [0, 0.05) is 5.75 Å². The van der Waals surface area contributed by atoms with E-state index in [9.17, 15) is 13.2 Å². The number of hydrogen-bond acceptors (Lipinski definition) is 8. The number of thioether (sulfide) groups is 1. The van der Waals surface area contributed by atoms with Crippen LogP contribution in [0.5, 0.6) is 0 Å². The summed E-state index contributed by atoms with van der Waals surface area (Å²) in [6.45, 7) is 1.08. The van der Waals surface area contributed by atoms with Crippen LogP contribution in [-0.2, 0) is 27.1 Å². The Morgan fingerprint density at radius 3 is 2.64 bits per heavy atom. The Labute approximate surface area is 150 Å². The van der Waals surface area contributed by atoms with E-state index < -0.39 is 20.8 Å². The lowest BCUT2D eigenvalue weighted by molar-refractivity contribution is -0.113. The first-order chi connectivity index (χ1) is 11.7. The van der Waals surface area contributed by atoms with E-state index in [2.05, 4.69) is 9.71 Å². The third-order valence-electron chi connectivity index (χ3n) is 3.16. The summed E-state index contributed by atoms with van der Waals surface area (Å²) < 4.78 is 31.3. The third-order valence-corrected chi connectivity index (χ3v) is 5.54. The fraction of sp³-hybridized carbons (Fsp3) is 0.429. The van der Waals surface area contributed by atoms with E-state index in [1.165, 1.54) is 0 Å². The van der Waals surface area contributed by atoms with Crippen molar-refractivity contribution in [1.82, 2.24) is 9.62 Å². The molecule has 1 aliphatic heterocycles. The standard InChI is InChI=1S/C14H21N5O4S2/c1-19(2)7-9-3-4-10(23-9)8-24-6-5-17-14-11(15)12(13(16)20)25(21,22)18-14/h3-4H,5-8,15H2,1-2H3,(H2,16,20)(H,17,18). The molecule has 1 aliphatic rings. The van der Waals surface area contributed by atoms with E-state index in [1.807, 2.05) is 31.1 Å². The van der Waals surface area contributed by atoms with Crippen molar-refractivity contribution < 1.29 is 17.6 Å². The van der Waals surface area contributed by atoms with Crippen LogP contribution in [-0.4, -0.2) is 51.5 Å². The van der Waals surface area contributed by atoms with Crippen molar-refractivity contribution in [3.05, 3.63) is 34.3 Å². The number of nitrogens with one attached hydrogen (secondary N) is 1. The summed E-state index contributed by atoms with van der Waals surface area (Å²) in [4.78, 5) is 16.6. The fourth-order valence-electron chi connectivity index (χ4n) is 2.16. The highest BCUT2D eigenvalue weighted by Crippen LogP contribution is 2.18.